The summed E-state index contributed by atoms with van der Waals surface area (Å²) in [6.07, 6.45) is 1.32. The minimum atomic E-state index is -0.855. The Bertz CT molecular complexity index is 1370. The fraction of sp³-hybridized carbons (Fsp3) is 0.111. The van der Waals surface area contributed by atoms with Crippen LogP contribution in [0.4, 0.5) is 16.2 Å². The molecule has 9 nitrogen and oxygen atoms in total. The molecule has 0 aliphatic carbocycles. The fourth-order valence-corrected chi connectivity index (χ4v) is 3.75. The van der Waals surface area contributed by atoms with E-state index in [1.54, 1.807) is 54.6 Å². The van der Waals surface area contributed by atoms with E-state index >= 15 is 0 Å². The van der Waals surface area contributed by atoms with Crippen molar-refractivity contribution in [1.29, 1.82) is 0 Å². The van der Waals surface area contributed by atoms with E-state index in [0.717, 1.165) is 4.90 Å². The van der Waals surface area contributed by atoms with Crippen molar-refractivity contribution >= 4 is 52.8 Å². The first-order valence-corrected chi connectivity index (χ1v) is 11.6. The lowest BCUT2D eigenvalue weighted by atomic mass is 10.1. The van der Waals surface area contributed by atoms with Crippen molar-refractivity contribution in [3.8, 4) is 11.5 Å². The highest BCUT2D eigenvalue weighted by molar-refractivity contribution is 6.39. The first kappa shape index (κ1) is 25.5. The van der Waals surface area contributed by atoms with Gasteiger partial charge in [-0.25, -0.2) is 9.69 Å². The number of rotatable bonds is 8. The molecule has 1 fully saturated rings. The molecule has 5 amide bonds. The highest BCUT2D eigenvalue weighted by Gasteiger charge is 2.36. The van der Waals surface area contributed by atoms with E-state index in [4.69, 9.17) is 21.1 Å². The highest BCUT2D eigenvalue weighted by atomic mass is 35.5. The Balaban J connectivity index is 1.47. The number of imide groups is 2. The normalized spacial score (nSPS) is 14.4. The zero-order valence-electron chi connectivity index (χ0n) is 19.7. The smallest absolute Gasteiger partial charge is 0.335 e. The quantitative estimate of drug-likeness (QED) is 0.336. The van der Waals surface area contributed by atoms with Crippen LogP contribution in [0.3, 0.4) is 0 Å². The Kier molecular flexibility index (Phi) is 7.85. The average molecular weight is 520 g/mol. The topological polar surface area (TPSA) is 114 Å². The van der Waals surface area contributed by atoms with Crippen LogP contribution in [0.5, 0.6) is 11.5 Å². The van der Waals surface area contributed by atoms with E-state index in [2.05, 4.69) is 10.6 Å². The van der Waals surface area contributed by atoms with Crippen LogP contribution in [0.2, 0.25) is 5.02 Å². The molecule has 0 atom stereocenters. The van der Waals surface area contributed by atoms with Gasteiger partial charge >= 0.3 is 6.03 Å². The Labute approximate surface area is 217 Å². The molecule has 188 valence electrons. The van der Waals surface area contributed by atoms with E-state index < -0.39 is 17.8 Å². The first-order valence-electron chi connectivity index (χ1n) is 11.3. The number of nitrogens with zero attached hydrogens (tertiary/aromatic N) is 1. The average Bonchev–Trinajstić information content (AvgIpc) is 2.88. The molecule has 1 aliphatic rings. The number of barbiturate groups is 1. The second-order valence-electron chi connectivity index (χ2n) is 7.78. The minimum absolute atomic E-state index is 0.171. The largest absolute Gasteiger partial charge is 0.494 e. The Morgan fingerprint density at radius 3 is 2.41 bits per heavy atom. The van der Waals surface area contributed by atoms with E-state index in [0.29, 0.717) is 23.6 Å². The zero-order valence-corrected chi connectivity index (χ0v) is 20.5. The van der Waals surface area contributed by atoms with Crippen LogP contribution in [0.25, 0.3) is 6.08 Å². The van der Waals surface area contributed by atoms with Crippen molar-refractivity contribution in [2.24, 2.45) is 0 Å². The van der Waals surface area contributed by atoms with Gasteiger partial charge in [0, 0.05) is 5.69 Å². The lowest BCUT2D eigenvalue weighted by Gasteiger charge is -2.26. The molecule has 0 aromatic heterocycles. The number of amides is 5. The number of para-hydroxylation sites is 1. The highest BCUT2D eigenvalue weighted by Crippen LogP contribution is 2.28. The van der Waals surface area contributed by atoms with E-state index in [1.807, 2.05) is 13.0 Å². The number of hydrogen-bond acceptors (Lipinski definition) is 6. The summed E-state index contributed by atoms with van der Waals surface area (Å²) in [5.74, 6) is -1.15. The fourth-order valence-electron chi connectivity index (χ4n) is 3.50. The van der Waals surface area contributed by atoms with Gasteiger partial charge in [-0.05, 0) is 67.1 Å². The lowest BCUT2D eigenvalue weighted by Crippen LogP contribution is -2.54. The molecular weight excluding hydrogens is 498 g/mol. The Morgan fingerprint density at radius 2 is 1.73 bits per heavy atom. The van der Waals surface area contributed by atoms with E-state index in [9.17, 15) is 19.2 Å². The van der Waals surface area contributed by atoms with Gasteiger partial charge in [-0.3, -0.25) is 19.7 Å². The zero-order chi connectivity index (χ0) is 26.4. The molecule has 37 heavy (non-hydrogen) atoms. The third-order valence-corrected chi connectivity index (χ3v) is 5.49. The van der Waals surface area contributed by atoms with Crippen molar-refractivity contribution in [3.05, 3.63) is 89.0 Å². The van der Waals surface area contributed by atoms with Crippen LogP contribution in [-0.4, -0.2) is 37.0 Å². The lowest BCUT2D eigenvalue weighted by molar-refractivity contribution is -0.122. The summed E-state index contributed by atoms with van der Waals surface area (Å²) < 4.78 is 10.9. The third-order valence-electron chi connectivity index (χ3n) is 5.19. The number of halogens is 1. The third kappa shape index (κ3) is 6.14. The van der Waals surface area contributed by atoms with Gasteiger partial charge in [-0.2, -0.15) is 0 Å². The molecule has 10 heteroatoms. The number of nitrogens with one attached hydrogen (secondary N) is 2. The summed E-state index contributed by atoms with van der Waals surface area (Å²) in [5, 5.41) is 5.04. The Morgan fingerprint density at radius 1 is 1.00 bits per heavy atom. The van der Waals surface area contributed by atoms with Crippen molar-refractivity contribution in [2.75, 3.05) is 23.4 Å². The molecular formula is C27H22ClN3O6. The van der Waals surface area contributed by atoms with Gasteiger partial charge < -0.3 is 14.8 Å². The van der Waals surface area contributed by atoms with E-state index in [1.165, 1.54) is 18.2 Å². The van der Waals surface area contributed by atoms with Crippen molar-refractivity contribution in [2.45, 2.75) is 6.92 Å². The maximum atomic E-state index is 13.1. The van der Waals surface area contributed by atoms with Crippen LogP contribution in [-0.2, 0) is 14.4 Å². The van der Waals surface area contributed by atoms with Crippen LogP contribution in [0, 0.1) is 0 Å². The second-order valence-corrected chi connectivity index (χ2v) is 8.18. The number of hydrogen-bond donors (Lipinski definition) is 2. The van der Waals surface area contributed by atoms with Crippen molar-refractivity contribution in [3.63, 3.8) is 0 Å². The molecule has 1 saturated heterocycles. The maximum Gasteiger partial charge on any atom is 0.335 e. The number of ether oxygens (including phenoxy) is 2. The maximum absolute atomic E-state index is 13.1. The Hall–Kier alpha value is -4.63. The van der Waals surface area contributed by atoms with Gasteiger partial charge in [0.25, 0.3) is 17.7 Å². The number of benzene rings is 3. The summed E-state index contributed by atoms with van der Waals surface area (Å²) >= 11 is 6.30. The molecule has 0 unspecified atom stereocenters. The van der Waals surface area contributed by atoms with Gasteiger partial charge in [0.15, 0.2) is 6.61 Å². The van der Waals surface area contributed by atoms with Gasteiger partial charge in [0.05, 0.1) is 17.3 Å². The van der Waals surface area contributed by atoms with Gasteiger partial charge in [0.1, 0.15) is 17.1 Å². The minimum Gasteiger partial charge on any atom is -0.494 e. The standard InChI is InChI=1S/C27H22ClN3O6/c1-2-36-20-11-9-19(10-12-20)31-26(34)21(25(33)30-27(31)35)14-17-8-13-23(22(28)15-17)37-16-24(32)29-18-6-4-3-5-7-18/h3-15H,2,16H2,1H3,(H,29,32)(H,30,33,35)/b21-14+. The van der Waals surface area contributed by atoms with Crippen LogP contribution >= 0.6 is 11.6 Å². The number of anilines is 2. The summed E-state index contributed by atoms with van der Waals surface area (Å²) in [6, 6.07) is 19.0. The molecule has 3 aromatic carbocycles. The van der Waals surface area contributed by atoms with Crippen LogP contribution in [0.15, 0.2) is 78.4 Å². The summed E-state index contributed by atoms with van der Waals surface area (Å²) in [7, 11) is 0. The van der Waals surface area contributed by atoms with Crippen LogP contribution < -0.4 is 25.0 Å². The summed E-state index contributed by atoms with van der Waals surface area (Å²) in [4.78, 5) is 50.9. The molecule has 1 aliphatic heterocycles. The monoisotopic (exact) mass is 519 g/mol. The predicted octanol–water partition coefficient (Wildman–Crippen LogP) is 4.42. The van der Waals surface area contributed by atoms with Gasteiger partial charge in [0.2, 0.25) is 0 Å². The number of carbonyl (C=O) groups is 4. The summed E-state index contributed by atoms with van der Waals surface area (Å²) in [5.41, 5.74) is 1.09. The van der Waals surface area contributed by atoms with Crippen molar-refractivity contribution < 1.29 is 28.7 Å². The first-order chi connectivity index (χ1) is 17.9. The van der Waals surface area contributed by atoms with Gasteiger partial charge in [-0.15, -0.1) is 0 Å². The number of urea groups is 1. The predicted molar refractivity (Wildman–Crippen MR) is 139 cm³/mol. The molecule has 0 radical (unpaired) electrons. The molecule has 0 spiro atoms. The molecule has 0 bridgehead atoms. The van der Waals surface area contributed by atoms with Crippen LogP contribution in [0.1, 0.15) is 12.5 Å². The molecule has 0 saturated carbocycles. The SMILES string of the molecule is CCOc1ccc(N2C(=O)NC(=O)/C(=C\c3ccc(OCC(=O)Nc4ccccc4)c(Cl)c3)C2=O)cc1. The summed E-state index contributed by atoms with van der Waals surface area (Å²) in [6.45, 7) is 2.04. The van der Waals surface area contributed by atoms with Gasteiger partial charge in [-0.1, -0.05) is 35.9 Å². The molecule has 4 rings (SSSR count). The second kappa shape index (κ2) is 11.4. The molecule has 1 heterocycles. The van der Waals surface area contributed by atoms with Crippen molar-refractivity contribution in [1.82, 2.24) is 5.32 Å². The molecule has 2 N–H and O–H groups in total. The molecule has 3 aromatic rings. The van der Waals surface area contributed by atoms with E-state index in [-0.39, 0.29) is 34.5 Å². The number of carbonyl (C=O) groups excluding carboxylic acids is 4.